The lowest BCUT2D eigenvalue weighted by Crippen LogP contribution is -2.42. The predicted molar refractivity (Wildman–Crippen MR) is 143 cm³/mol. The highest BCUT2D eigenvalue weighted by Gasteiger charge is 2.62. The van der Waals surface area contributed by atoms with E-state index in [-0.39, 0.29) is 35.6 Å². The first-order chi connectivity index (χ1) is 17.1. The second-order valence-electron chi connectivity index (χ2n) is 10.7. The zero-order chi connectivity index (χ0) is 26.0. The molecule has 188 valence electrons. The van der Waals surface area contributed by atoms with Gasteiger partial charge in [0, 0.05) is 5.69 Å². The molecule has 1 fully saturated rings. The van der Waals surface area contributed by atoms with E-state index in [1.807, 2.05) is 68.4 Å². The van der Waals surface area contributed by atoms with Crippen molar-refractivity contribution >= 4 is 17.5 Å². The number of allylic oxidation sites excluding steroid dienone is 2. The van der Waals surface area contributed by atoms with Gasteiger partial charge < -0.3 is 14.6 Å². The van der Waals surface area contributed by atoms with Crippen LogP contribution in [-0.2, 0) is 16.1 Å². The van der Waals surface area contributed by atoms with E-state index in [1.165, 1.54) is 5.57 Å². The van der Waals surface area contributed by atoms with Crippen molar-refractivity contribution in [3.8, 4) is 0 Å². The molecule has 0 aliphatic heterocycles. The van der Waals surface area contributed by atoms with Crippen LogP contribution in [0.15, 0.2) is 83.0 Å². The normalized spacial score (nSPS) is 18.7. The van der Waals surface area contributed by atoms with Gasteiger partial charge >= 0.3 is 0 Å². The summed E-state index contributed by atoms with van der Waals surface area (Å²) in [5.41, 5.74) is 4.51. The van der Waals surface area contributed by atoms with Crippen molar-refractivity contribution in [1.29, 1.82) is 0 Å². The molecule has 1 aromatic heterocycles. The summed E-state index contributed by atoms with van der Waals surface area (Å²) in [6, 6.07) is 18.3. The summed E-state index contributed by atoms with van der Waals surface area (Å²) in [6.07, 6.45) is 3.78. The van der Waals surface area contributed by atoms with Crippen LogP contribution >= 0.6 is 0 Å². The zero-order valence-electron chi connectivity index (χ0n) is 22.0. The van der Waals surface area contributed by atoms with Crippen LogP contribution < -0.4 is 5.32 Å². The summed E-state index contributed by atoms with van der Waals surface area (Å²) >= 11 is 0. The highest BCUT2D eigenvalue weighted by atomic mass is 16.3. The minimum Gasteiger partial charge on any atom is -0.467 e. The number of hydrogen-bond acceptors (Lipinski definition) is 3. The molecule has 4 rings (SSSR count). The van der Waals surface area contributed by atoms with Gasteiger partial charge in [0.05, 0.1) is 18.7 Å². The minimum atomic E-state index is -0.813. The van der Waals surface area contributed by atoms with E-state index in [1.54, 1.807) is 17.2 Å². The van der Waals surface area contributed by atoms with Crippen LogP contribution in [0.4, 0.5) is 5.69 Å². The number of nitrogens with one attached hydrogen (secondary N) is 1. The number of aryl methyl sites for hydroxylation is 2. The van der Waals surface area contributed by atoms with Gasteiger partial charge in [-0.15, -0.1) is 0 Å². The Morgan fingerprint density at radius 1 is 1.00 bits per heavy atom. The maximum Gasteiger partial charge on any atom is 0.251 e. The highest BCUT2D eigenvalue weighted by molar-refractivity contribution is 5.99. The van der Waals surface area contributed by atoms with Crippen molar-refractivity contribution in [2.75, 3.05) is 5.32 Å². The molecule has 1 heterocycles. The fraction of sp³-hybridized carbons (Fsp3) is 0.355. The minimum absolute atomic E-state index is 0.0376. The Morgan fingerprint density at radius 3 is 2.25 bits per heavy atom. The molecule has 1 N–H and O–H groups in total. The molecule has 2 aromatic carbocycles. The van der Waals surface area contributed by atoms with Gasteiger partial charge in [0.1, 0.15) is 11.8 Å². The van der Waals surface area contributed by atoms with Crippen molar-refractivity contribution in [1.82, 2.24) is 4.90 Å². The van der Waals surface area contributed by atoms with Gasteiger partial charge in [-0.2, -0.15) is 0 Å². The molecular formula is C31H36N2O3. The van der Waals surface area contributed by atoms with Gasteiger partial charge in [-0.3, -0.25) is 9.59 Å². The third-order valence-corrected chi connectivity index (χ3v) is 7.28. The van der Waals surface area contributed by atoms with Crippen LogP contribution in [0.1, 0.15) is 56.2 Å². The number of carbonyl (C=O) groups is 2. The molecule has 36 heavy (non-hydrogen) atoms. The molecule has 2 amide bonds. The van der Waals surface area contributed by atoms with Gasteiger partial charge in [0.25, 0.3) is 5.91 Å². The van der Waals surface area contributed by atoms with Crippen molar-refractivity contribution in [2.24, 2.45) is 17.3 Å². The number of benzene rings is 2. The second-order valence-corrected chi connectivity index (χ2v) is 10.7. The Balaban J connectivity index is 1.76. The third-order valence-electron chi connectivity index (χ3n) is 7.28. The van der Waals surface area contributed by atoms with E-state index < -0.39 is 6.04 Å². The number of amides is 2. The molecule has 5 heteroatoms. The topological polar surface area (TPSA) is 62.6 Å². The molecule has 0 bridgehead atoms. The first-order valence-electron chi connectivity index (χ1n) is 12.5. The maximum atomic E-state index is 14.2. The van der Waals surface area contributed by atoms with Crippen LogP contribution in [-0.4, -0.2) is 16.7 Å². The molecule has 1 saturated carbocycles. The molecule has 0 spiro atoms. The number of nitrogens with zero attached hydrogens (tertiary/aromatic N) is 1. The number of hydrogen-bond donors (Lipinski definition) is 1. The Kier molecular flexibility index (Phi) is 7.21. The molecule has 1 aliphatic rings. The van der Waals surface area contributed by atoms with Gasteiger partial charge in [-0.1, -0.05) is 74.0 Å². The zero-order valence-corrected chi connectivity index (χ0v) is 22.0. The quantitative estimate of drug-likeness (QED) is 0.356. The summed E-state index contributed by atoms with van der Waals surface area (Å²) in [7, 11) is 0. The lowest BCUT2D eigenvalue weighted by molar-refractivity contribution is -0.142. The number of rotatable bonds is 8. The Bertz CT molecular complexity index is 1230. The number of anilines is 1. The van der Waals surface area contributed by atoms with E-state index in [9.17, 15) is 9.59 Å². The van der Waals surface area contributed by atoms with Crippen molar-refractivity contribution in [3.05, 3.63) is 101 Å². The molecule has 3 aromatic rings. The van der Waals surface area contributed by atoms with E-state index in [0.29, 0.717) is 5.76 Å². The molecule has 3 unspecified atom stereocenters. The van der Waals surface area contributed by atoms with Crippen LogP contribution in [0.5, 0.6) is 0 Å². The first-order valence-corrected chi connectivity index (χ1v) is 12.5. The summed E-state index contributed by atoms with van der Waals surface area (Å²) < 4.78 is 5.64. The molecular weight excluding hydrogens is 448 g/mol. The van der Waals surface area contributed by atoms with Crippen molar-refractivity contribution < 1.29 is 14.0 Å². The fourth-order valence-electron chi connectivity index (χ4n) is 5.18. The lowest BCUT2D eigenvalue weighted by Gasteiger charge is -2.32. The Labute approximate surface area is 214 Å². The van der Waals surface area contributed by atoms with Gasteiger partial charge in [-0.25, -0.2) is 0 Å². The predicted octanol–water partition coefficient (Wildman–Crippen LogP) is 6.84. The average molecular weight is 485 g/mol. The van der Waals surface area contributed by atoms with Crippen molar-refractivity contribution in [3.63, 3.8) is 0 Å². The van der Waals surface area contributed by atoms with Crippen LogP contribution in [0.25, 0.3) is 0 Å². The highest BCUT2D eigenvalue weighted by Crippen LogP contribution is 2.60. The fourth-order valence-corrected chi connectivity index (χ4v) is 5.18. The summed E-state index contributed by atoms with van der Waals surface area (Å²) in [5, 5.41) is 3.14. The van der Waals surface area contributed by atoms with Gasteiger partial charge in [-0.05, 0) is 67.9 Å². The summed E-state index contributed by atoms with van der Waals surface area (Å²) in [6.45, 7) is 12.5. The smallest absolute Gasteiger partial charge is 0.251 e. The summed E-state index contributed by atoms with van der Waals surface area (Å²) in [5.74, 6) is 0.287. The molecule has 0 saturated heterocycles. The van der Waals surface area contributed by atoms with Crippen LogP contribution in [0.2, 0.25) is 0 Å². The van der Waals surface area contributed by atoms with E-state index >= 15 is 0 Å². The van der Waals surface area contributed by atoms with E-state index in [2.05, 4.69) is 39.1 Å². The van der Waals surface area contributed by atoms with Crippen LogP contribution in [0.3, 0.4) is 0 Å². The van der Waals surface area contributed by atoms with Crippen molar-refractivity contribution in [2.45, 2.75) is 54.1 Å². The number of furan rings is 1. The summed E-state index contributed by atoms with van der Waals surface area (Å²) in [4.78, 5) is 29.9. The monoisotopic (exact) mass is 484 g/mol. The Morgan fingerprint density at radius 2 is 1.67 bits per heavy atom. The average Bonchev–Trinajstić information content (AvgIpc) is 3.14. The van der Waals surface area contributed by atoms with Crippen LogP contribution in [0, 0.1) is 31.1 Å². The molecule has 5 nitrogen and oxygen atoms in total. The standard InChI is InChI=1S/C31H36N2O3/c1-20(2)18-25-26(31(25,5)6)30(35)33(19-24-16-11-17-36-24)28(23-14-8-7-9-15-23)29(34)32-27-21(3)12-10-13-22(27)4/h7-18,25-26,28H,19H2,1-6H3,(H,32,34). The van der Waals surface area contributed by atoms with Gasteiger partial charge in [0.2, 0.25) is 5.91 Å². The lowest BCUT2D eigenvalue weighted by atomic mass is 10.0. The van der Waals surface area contributed by atoms with Gasteiger partial charge in [0.15, 0.2) is 0 Å². The molecule has 0 radical (unpaired) electrons. The first kappa shape index (κ1) is 25.5. The van der Waals surface area contributed by atoms with E-state index in [0.717, 1.165) is 22.4 Å². The van der Waals surface area contributed by atoms with E-state index in [4.69, 9.17) is 4.42 Å². The number of carbonyl (C=O) groups excluding carboxylic acids is 2. The second kappa shape index (κ2) is 10.2. The SMILES string of the molecule is CC(C)=CC1C(C(=O)N(Cc2ccco2)C(C(=O)Nc2c(C)cccc2C)c2ccccc2)C1(C)C. The molecule has 3 atom stereocenters. The third kappa shape index (κ3) is 5.15. The molecule has 1 aliphatic carbocycles. The largest absolute Gasteiger partial charge is 0.467 e. The maximum absolute atomic E-state index is 14.2. The number of para-hydroxylation sites is 1. The Hall–Kier alpha value is -3.60.